The van der Waals surface area contributed by atoms with E-state index in [1.807, 2.05) is 0 Å². The van der Waals surface area contributed by atoms with Crippen LogP contribution in [-0.4, -0.2) is 11.1 Å². The standard InChI is InChI=1S/C23H16FNO3/c24-21-3-1-2-19(13-21)20(14-25)12-16-6-10-22(11-7-16)28-15-17-4-8-18(9-5-17)23(26)27/h1-13H,15H2,(H,26,27)/b20-12+. The molecule has 0 aliphatic heterocycles. The summed E-state index contributed by atoms with van der Waals surface area (Å²) in [5.41, 5.74) is 2.76. The lowest BCUT2D eigenvalue weighted by Gasteiger charge is -2.07. The second kappa shape index (κ2) is 8.65. The van der Waals surface area contributed by atoms with Gasteiger partial charge in [0.25, 0.3) is 0 Å². The normalized spacial score (nSPS) is 10.9. The zero-order chi connectivity index (χ0) is 19.9. The quantitative estimate of drug-likeness (QED) is 0.478. The van der Waals surface area contributed by atoms with E-state index in [1.54, 1.807) is 54.6 Å². The minimum Gasteiger partial charge on any atom is -0.489 e. The number of nitrogens with zero attached hydrogens (tertiary/aromatic N) is 1. The Morgan fingerprint density at radius 2 is 1.75 bits per heavy atom. The number of rotatable bonds is 6. The van der Waals surface area contributed by atoms with Crippen LogP contribution in [0, 0.1) is 17.1 Å². The number of benzene rings is 3. The van der Waals surface area contributed by atoms with Gasteiger partial charge in [-0.3, -0.25) is 0 Å². The first-order valence-electron chi connectivity index (χ1n) is 8.48. The SMILES string of the molecule is N#C/C(=C\c1ccc(OCc2ccc(C(=O)O)cc2)cc1)c1cccc(F)c1. The number of hydrogen-bond acceptors (Lipinski definition) is 3. The molecule has 5 heteroatoms. The van der Waals surface area contributed by atoms with Crippen molar-refractivity contribution < 1.29 is 19.0 Å². The molecule has 3 aromatic carbocycles. The van der Waals surface area contributed by atoms with Crippen molar-refractivity contribution in [1.29, 1.82) is 5.26 Å². The summed E-state index contributed by atoms with van der Waals surface area (Å²) in [6, 6.07) is 21.6. The van der Waals surface area contributed by atoms with Gasteiger partial charge in [-0.05, 0) is 59.2 Å². The average molecular weight is 373 g/mol. The van der Waals surface area contributed by atoms with E-state index in [-0.39, 0.29) is 5.56 Å². The fraction of sp³-hybridized carbons (Fsp3) is 0.0435. The van der Waals surface area contributed by atoms with E-state index in [0.29, 0.717) is 23.5 Å². The second-order valence-corrected chi connectivity index (χ2v) is 6.04. The Labute approximate surface area is 161 Å². The van der Waals surface area contributed by atoms with Crippen LogP contribution in [0.25, 0.3) is 11.6 Å². The molecule has 0 radical (unpaired) electrons. The van der Waals surface area contributed by atoms with Crippen LogP contribution in [0.2, 0.25) is 0 Å². The molecule has 0 aromatic heterocycles. The molecule has 1 N–H and O–H groups in total. The monoisotopic (exact) mass is 373 g/mol. The maximum Gasteiger partial charge on any atom is 0.335 e. The molecule has 0 spiro atoms. The summed E-state index contributed by atoms with van der Waals surface area (Å²) in [5.74, 6) is -0.714. The third-order valence-corrected chi connectivity index (χ3v) is 4.05. The van der Waals surface area contributed by atoms with Gasteiger partial charge in [-0.1, -0.05) is 36.4 Å². The average Bonchev–Trinajstić information content (AvgIpc) is 2.71. The van der Waals surface area contributed by atoms with E-state index in [2.05, 4.69) is 6.07 Å². The lowest BCUT2D eigenvalue weighted by atomic mass is 10.0. The third-order valence-electron chi connectivity index (χ3n) is 4.05. The van der Waals surface area contributed by atoms with E-state index in [0.717, 1.165) is 11.1 Å². The van der Waals surface area contributed by atoms with Crippen molar-refractivity contribution in [3.63, 3.8) is 0 Å². The summed E-state index contributed by atoms with van der Waals surface area (Å²) in [6.07, 6.45) is 1.68. The first-order chi connectivity index (χ1) is 13.5. The molecular weight excluding hydrogens is 357 g/mol. The molecular formula is C23H16FNO3. The fourth-order valence-corrected chi connectivity index (χ4v) is 2.57. The Hall–Kier alpha value is -3.91. The first-order valence-corrected chi connectivity index (χ1v) is 8.48. The number of carbonyl (C=O) groups is 1. The van der Waals surface area contributed by atoms with E-state index < -0.39 is 11.8 Å². The fourth-order valence-electron chi connectivity index (χ4n) is 2.57. The van der Waals surface area contributed by atoms with E-state index in [4.69, 9.17) is 9.84 Å². The van der Waals surface area contributed by atoms with Crippen molar-refractivity contribution in [2.24, 2.45) is 0 Å². The van der Waals surface area contributed by atoms with Gasteiger partial charge in [-0.15, -0.1) is 0 Å². The van der Waals surface area contributed by atoms with Crippen LogP contribution in [0.3, 0.4) is 0 Å². The van der Waals surface area contributed by atoms with Crippen molar-refractivity contribution in [2.75, 3.05) is 0 Å². The zero-order valence-electron chi connectivity index (χ0n) is 14.8. The summed E-state index contributed by atoms with van der Waals surface area (Å²) in [7, 11) is 0. The largest absolute Gasteiger partial charge is 0.489 e. The van der Waals surface area contributed by atoms with E-state index in [1.165, 1.54) is 24.3 Å². The van der Waals surface area contributed by atoms with Gasteiger partial charge in [0, 0.05) is 0 Å². The van der Waals surface area contributed by atoms with Gasteiger partial charge < -0.3 is 9.84 Å². The highest BCUT2D eigenvalue weighted by Crippen LogP contribution is 2.21. The summed E-state index contributed by atoms with van der Waals surface area (Å²) in [5, 5.41) is 18.2. The van der Waals surface area contributed by atoms with Crippen molar-refractivity contribution >= 4 is 17.6 Å². The second-order valence-electron chi connectivity index (χ2n) is 6.04. The molecule has 0 amide bonds. The van der Waals surface area contributed by atoms with Gasteiger partial charge in [-0.25, -0.2) is 9.18 Å². The number of hydrogen-bond donors (Lipinski definition) is 1. The zero-order valence-corrected chi connectivity index (χ0v) is 14.8. The van der Waals surface area contributed by atoms with Crippen LogP contribution < -0.4 is 4.74 Å². The number of allylic oxidation sites excluding steroid dienone is 1. The molecule has 0 fully saturated rings. The minimum absolute atomic E-state index is 0.228. The number of carboxylic acid groups (broad SMARTS) is 1. The molecule has 0 atom stereocenters. The third kappa shape index (κ3) is 4.83. The molecule has 0 saturated heterocycles. The van der Waals surface area contributed by atoms with Gasteiger partial charge in [-0.2, -0.15) is 5.26 Å². The molecule has 0 saturated carbocycles. The highest BCUT2D eigenvalue weighted by atomic mass is 19.1. The summed E-state index contributed by atoms with van der Waals surface area (Å²) >= 11 is 0. The molecule has 0 unspecified atom stereocenters. The molecule has 3 rings (SSSR count). The predicted octanol–water partition coefficient (Wildman–Crippen LogP) is 5.17. The Balaban J connectivity index is 1.67. The highest BCUT2D eigenvalue weighted by Gasteiger charge is 2.04. The molecule has 3 aromatic rings. The van der Waals surface area contributed by atoms with Gasteiger partial charge >= 0.3 is 5.97 Å². The molecule has 0 heterocycles. The minimum atomic E-state index is -0.967. The smallest absolute Gasteiger partial charge is 0.335 e. The molecule has 138 valence electrons. The van der Waals surface area contributed by atoms with Crippen molar-refractivity contribution in [3.8, 4) is 11.8 Å². The maximum atomic E-state index is 13.4. The Morgan fingerprint density at radius 1 is 1.04 bits per heavy atom. The van der Waals surface area contributed by atoms with Gasteiger partial charge in [0.2, 0.25) is 0 Å². The lowest BCUT2D eigenvalue weighted by Crippen LogP contribution is -1.98. The lowest BCUT2D eigenvalue weighted by molar-refractivity contribution is 0.0697. The highest BCUT2D eigenvalue weighted by molar-refractivity contribution is 5.89. The van der Waals surface area contributed by atoms with Crippen LogP contribution in [0.1, 0.15) is 27.0 Å². The van der Waals surface area contributed by atoms with Crippen LogP contribution in [0.15, 0.2) is 72.8 Å². The van der Waals surface area contributed by atoms with Gasteiger partial charge in [0.05, 0.1) is 17.2 Å². The number of carboxylic acids is 1. The molecule has 4 nitrogen and oxygen atoms in total. The van der Waals surface area contributed by atoms with Crippen LogP contribution in [0.5, 0.6) is 5.75 Å². The predicted molar refractivity (Wildman–Crippen MR) is 104 cm³/mol. The van der Waals surface area contributed by atoms with Crippen LogP contribution >= 0.6 is 0 Å². The Bertz CT molecular complexity index is 1050. The molecule has 0 bridgehead atoms. The Kier molecular flexibility index (Phi) is 5.83. The first kappa shape index (κ1) is 18.9. The Morgan fingerprint density at radius 3 is 2.36 bits per heavy atom. The van der Waals surface area contributed by atoms with Gasteiger partial charge in [0.15, 0.2) is 0 Å². The number of halogens is 1. The van der Waals surface area contributed by atoms with Crippen molar-refractivity contribution in [1.82, 2.24) is 0 Å². The topological polar surface area (TPSA) is 70.3 Å². The number of nitriles is 1. The molecule has 28 heavy (non-hydrogen) atoms. The maximum absolute atomic E-state index is 13.4. The number of aromatic carboxylic acids is 1. The van der Waals surface area contributed by atoms with E-state index in [9.17, 15) is 14.4 Å². The van der Waals surface area contributed by atoms with Crippen molar-refractivity contribution in [3.05, 3.63) is 101 Å². The van der Waals surface area contributed by atoms with Crippen molar-refractivity contribution in [2.45, 2.75) is 6.61 Å². The summed E-state index contributed by atoms with van der Waals surface area (Å²) in [4.78, 5) is 10.9. The van der Waals surface area contributed by atoms with Crippen LogP contribution in [-0.2, 0) is 6.61 Å². The summed E-state index contributed by atoms with van der Waals surface area (Å²) in [6.45, 7) is 0.307. The molecule has 0 aliphatic rings. The summed E-state index contributed by atoms with van der Waals surface area (Å²) < 4.78 is 19.1. The molecule has 0 aliphatic carbocycles. The number of ether oxygens (including phenoxy) is 1. The van der Waals surface area contributed by atoms with E-state index >= 15 is 0 Å². The van der Waals surface area contributed by atoms with Crippen LogP contribution in [0.4, 0.5) is 4.39 Å². The van der Waals surface area contributed by atoms with Gasteiger partial charge in [0.1, 0.15) is 18.2 Å².